The third-order valence-electron chi connectivity index (χ3n) is 16.7. The molecule has 1 aromatic carbocycles. The summed E-state index contributed by atoms with van der Waals surface area (Å²) in [5.74, 6) is -5.85. The lowest BCUT2D eigenvalue weighted by Crippen LogP contribution is -2.61. The molecule has 0 spiro atoms. The number of carboxylic acids is 1. The minimum Gasteiger partial charge on any atom is -0.491 e. The molecule has 22 nitrogen and oxygen atoms in total. The van der Waals surface area contributed by atoms with Gasteiger partial charge < -0.3 is 83.4 Å². The van der Waals surface area contributed by atoms with Gasteiger partial charge in [0.05, 0.1) is 71.7 Å². The molecule has 0 saturated carbocycles. The minimum atomic E-state index is -2.03. The van der Waals surface area contributed by atoms with Crippen molar-refractivity contribution in [2.24, 2.45) is 28.8 Å². The molecule has 5 heterocycles. The number of carboxylic acid groups (broad SMARTS) is 1. The van der Waals surface area contributed by atoms with Gasteiger partial charge in [-0.05, 0) is 118 Å². The van der Waals surface area contributed by atoms with Crippen molar-refractivity contribution in [1.82, 2.24) is 14.8 Å². The number of aromatic carboxylic acids is 1. The van der Waals surface area contributed by atoms with Crippen molar-refractivity contribution in [3.05, 3.63) is 39.7 Å². The first-order chi connectivity index (χ1) is 36.6. The third kappa shape index (κ3) is 13.9. The number of cyclic esters (lactones) is 1. The number of nitrogens with zero attached hydrogens (tertiary/aromatic N) is 3. The topological polar surface area (TPSA) is 296 Å². The number of methoxy groups -OCH3 is 1. The number of rotatable bonds is 16. The van der Waals surface area contributed by atoms with Crippen molar-refractivity contribution >= 4 is 34.5 Å². The number of oxime groups is 1. The SMILES string of the molecule is CC[C@H]1OC(=O)[C@H](C)[C@@H](O[C@H]2C[C@@](C)(OC)[C@@H](OC(=O)CCNCCCc3cc4c5c(c3)c(=O)c(C(=O)O)cn5CCCO4)[C@H](C)O2)[C@H](C)[C@@H](O[C@@H]2O[C@H](C)C[C@H](N(C)C)[C@H]2O)[C@](C)(O)C[C@@H](C)/C(=N\O)[C@H](C)[C@@H](O)[C@]1(C)O. The number of carbonyl (C=O) groups excluding carboxylic acids is 2. The summed E-state index contributed by atoms with van der Waals surface area (Å²) in [7, 11) is 5.16. The highest BCUT2D eigenvalue weighted by Gasteiger charge is 2.54. The lowest BCUT2D eigenvalue weighted by Gasteiger charge is -2.49. The summed E-state index contributed by atoms with van der Waals surface area (Å²) in [5.41, 5.74) is -4.44. The summed E-state index contributed by atoms with van der Waals surface area (Å²) < 4.78 is 52.3. The van der Waals surface area contributed by atoms with Crippen LogP contribution < -0.4 is 15.5 Å². The number of aliphatic hydroxyl groups is 4. The Balaban J connectivity index is 1.18. The molecule has 6 rings (SSSR count). The van der Waals surface area contributed by atoms with Gasteiger partial charge in [-0.2, -0.15) is 0 Å². The van der Waals surface area contributed by atoms with Gasteiger partial charge in [-0.1, -0.05) is 32.9 Å². The zero-order chi connectivity index (χ0) is 57.8. The number of ether oxygens (including phenoxy) is 8. The fourth-order valence-corrected chi connectivity index (χ4v) is 12.3. The van der Waals surface area contributed by atoms with Crippen LogP contribution in [0.3, 0.4) is 0 Å². The average molecular weight is 1110 g/mol. The summed E-state index contributed by atoms with van der Waals surface area (Å²) >= 11 is 0. The zero-order valence-electron chi connectivity index (χ0n) is 47.8. The second kappa shape index (κ2) is 26.1. The molecule has 0 radical (unpaired) electrons. The fraction of sp³-hybridized carbons (Fsp3) is 0.768. The molecule has 0 unspecified atom stereocenters. The maximum Gasteiger partial charge on any atom is 0.341 e. The predicted molar refractivity (Wildman–Crippen MR) is 285 cm³/mol. The van der Waals surface area contributed by atoms with Gasteiger partial charge in [0.2, 0.25) is 5.43 Å². The average Bonchev–Trinajstić information content (AvgIpc) is 3.66. The Morgan fingerprint density at radius 2 is 1.67 bits per heavy atom. The molecule has 3 saturated heterocycles. The van der Waals surface area contributed by atoms with Gasteiger partial charge in [0, 0.05) is 56.6 Å². The van der Waals surface area contributed by atoms with Crippen molar-refractivity contribution in [2.75, 3.05) is 40.9 Å². The second-order valence-electron chi connectivity index (χ2n) is 23.2. The molecule has 3 fully saturated rings. The fourth-order valence-electron chi connectivity index (χ4n) is 12.3. The molecule has 2 aromatic rings. The first kappa shape index (κ1) is 62.9. The van der Waals surface area contributed by atoms with Crippen LogP contribution in [0.5, 0.6) is 5.75 Å². The van der Waals surface area contributed by atoms with E-state index < -0.39 is 119 Å². The van der Waals surface area contributed by atoms with E-state index in [0.717, 1.165) is 5.56 Å². The van der Waals surface area contributed by atoms with Gasteiger partial charge in [0.25, 0.3) is 0 Å². The Kier molecular flexibility index (Phi) is 21.0. The third-order valence-corrected chi connectivity index (χ3v) is 16.7. The Labute approximate surface area is 457 Å². The highest BCUT2D eigenvalue weighted by Crippen LogP contribution is 2.42. The lowest BCUT2D eigenvalue weighted by atomic mass is 9.73. The van der Waals surface area contributed by atoms with Crippen LogP contribution in [0.4, 0.5) is 0 Å². The number of carbonyl (C=O) groups is 3. The van der Waals surface area contributed by atoms with Crippen LogP contribution in [0.15, 0.2) is 28.3 Å². The Hall–Kier alpha value is -4.33. The Bertz CT molecular complexity index is 2480. The van der Waals surface area contributed by atoms with E-state index in [2.05, 4.69) is 10.5 Å². The highest BCUT2D eigenvalue weighted by atomic mass is 16.7. The van der Waals surface area contributed by atoms with Crippen LogP contribution in [0.1, 0.15) is 130 Å². The van der Waals surface area contributed by atoms with Crippen LogP contribution in [0.2, 0.25) is 0 Å². The second-order valence-corrected chi connectivity index (χ2v) is 23.2. The van der Waals surface area contributed by atoms with Crippen LogP contribution >= 0.6 is 0 Å². The monoisotopic (exact) mass is 1100 g/mol. The number of hydrogen-bond acceptors (Lipinski definition) is 20. The molecular formula is C56H88N4O18. The number of likely N-dealkylation sites (N-methyl/N-ethyl adjacent to an activating group) is 1. The number of pyridine rings is 1. The van der Waals surface area contributed by atoms with Gasteiger partial charge in [-0.3, -0.25) is 14.4 Å². The normalized spacial score (nSPS) is 37.8. The van der Waals surface area contributed by atoms with Crippen molar-refractivity contribution in [3.8, 4) is 5.75 Å². The molecule has 0 aliphatic carbocycles. The van der Waals surface area contributed by atoms with E-state index in [9.17, 15) is 49.9 Å². The summed E-state index contributed by atoms with van der Waals surface area (Å²) in [6.45, 7) is 18.3. The van der Waals surface area contributed by atoms with E-state index in [1.807, 2.05) is 32.0 Å². The van der Waals surface area contributed by atoms with Crippen LogP contribution in [-0.4, -0.2) is 189 Å². The molecule has 440 valence electrons. The summed E-state index contributed by atoms with van der Waals surface area (Å²) in [4.78, 5) is 55.0. The quantitative estimate of drug-likeness (QED) is 0.0541. The molecule has 78 heavy (non-hydrogen) atoms. The van der Waals surface area contributed by atoms with E-state index in [1.54, 1.807) is 59.1 Å². The summed E-state index contributed by atoms with van der Waals surface area (Å²) in [5, 5.41) is 75.3. The van der Waals surface area contributed by atoms with Crippen LogP contribution in [0.25, 0.3) is 10.9 Å². The van der Waals surface area contributed by atoms with Crippen molar-refractivity contribution < 1.29 is 83.0 Å². The highest BCUT2D eigenvalue weighted by molar-refractivity contribution is 5.94. The van der Waals surface area contributed by atoms with E-state index in [4.69, 9.17) is 37.9 Å². The van der Waals surface area contributed by atoms with Gasteiger partial charge >= 0.3 is 17.9 Å². The minimum absolute atomic E-state index is 0.000138. The van der Waals surface area contributed by atoms with Gasteiger partial charge in [-0.15, -0.1) is 0 Å². The molecule has 4 aliphatic heterocycles. The smallest absolute Gasteiger partial charge is 0.341 e. The van der Waals surface area contributed by atoms with Crippen molar-refractivity contribution in [3.63, 3.8) is 0 Å². The predicted octanol–water partition coefficient (Wildman–Crippen LogP) is 4.01. The number of nitrogens with one attached hydrogen (secondary N) is 1. The number of aryl methyl sites for hydroxylation is 2. The standard InChI is InChI=1S/C56H88N4O18/c1-14-40-56(10,69)48(64)31(4)43(58-70)29(2)26-54(8,68)49(78-53-46(63)38(59(11)12)23-30(3)73-53)32(5)47(33(6)52(67)75-40)77-42-27-55(9,71-13)50(34(7)74-42)76-41(61)18-20-57-19-15-17-35-24-36-44-39(25-35)72-22-16-21-60(44)28-37(45(36)62)51(65)66/h24-25,28-34,38,40,42,46-50,53,57,63-64,68-70H,14-23,26-27H2,1-13H3,(H,65,66)/b58-43+/t29-,30-,31+,32+,33-,34+,38+,40-,42+,46-,47+,48-,49-,50+,53+,54-,55-,56-/m1/s1. The molecule has 7 N–H and O–H groups in total. The lowest BCUT2D eigenvalue weighted by molar-refractivity contribution is -0.318. The molecule has 4 aliphatic rings. The molecule has 18 atom stereocenters. The van der Waals surface area contributed by atoms with E-state index in [0.29, 0.717) is 62.0 Å². The summed E-state index contributed by atoms with van der Waals surface area (Å²) in [6, 6.07) is 3.24. The van der Waals surface area contributed by atoms with E-state index in [1.165, 1.54) is 27.2 Å². The van der Waals surface area contributed by atoms with Crippen LogP contribution in [0, 0.1) is 23.7 Å². The first-order valence-electron chi connectivity index (χ1n) is 27.6. The Morgan fingerprint density at radius 1 is 0.962 bits per heavy atom. The van der Waals surface area contributed by atoms with E-state index in [-0.39, 0.29) is 55.6 Å². The molecule has 0 amide bonds. The zero-order valence-corrected chi connectivity index (χ0v) is 47.8. The Morgan fingerprint density at radius 3 is 2.31 bits per heavy atom. The maximum atomic E-state index is 14.5. The van der Waals surface area contributed by atoms with Crippen molar-refractivity contribution in [1.29, 1.82) is 0 Å². The number of aliphatic hydroxyl groups excluding tert-OH is 2. The maximum absolute atomic E-state index is 14.5. The van der Waals surface area contributed by atoms with Crippen molar-refractivity contribution in [2.45, 2.75) is 211 Å². The molecular weight excluding hydrogens is 1020 g/mol. The molecule has 0 bridgehead atoms. The number of hydrogen-bond donors (Lipinski definition) is 7. The largest absolute Gasteiger partial charge is 0.491 e. The number of benzene rings is 1. The molecule has 22 heteroatoms. The van der Waals surface area contributed by atoms with Gasteiger partial charge in [-0.25, -0.2) is 4.79 Å². The number of aromatic nitrogens is 1. The van der Waals surface area contributed by atoms with Gasteiger partial charge in [0.15, 0.2) is 18.7 Å². The first-order valence-corrected chi connectivity index (χ1v) is 27.6. The van der Waals surface area contributed by atoms with Gasteiger partial charge in [0.1, 0.15) is 34.7 Å². The van der Waals surface area contributed by atoms with E-state index >= 15 is 0 Å². The number of esters is 2. The van der Waals surface area contributed by atoms with Crippen LogP contribution in [-0.2, 0) is 55.7 Å². The summed E-state index contributed by atoms with van der Waals surface area (Å²) in [6.07, 6.45) is -7.19. The molecule has 1 aromatic heterocycles.